The summed E-state index contributed by atoms with van der Waals surface area (Å²) in [7, 11) is 3.17. The number of hydrogen-bond acceptors (Lipinski definition) is 4. The number of carbonyl (C=O) groups is 1. The minimum absolute atomic E-state index is 0.183. The number of ether oxygens (including phenoxy) is 2. The van der Waals surface area contributed by atoms with Crippen molar-refractivity contribution in [3.63, 3.8) is 0 Å². The first-order valence-electron chi connectivity index (χ1n) is 7.90. The number of H-pyrrole nitrogens is 1. The van der Waals surface area contributed by atoms with Crippen LogP contribution in [0.25, 0.3) is 17.1 Å². The Morgan fingerprint density at radius 1 is 1.27 bits per heavy atom. The summed E-state index contributed by atoms with van der Waals surface area (Å²) in [4.78, 5) is 19.5. The Bertz CT molecular complexity index is 966. The molecule has 0 aliphatic rings. The molecular weight excluding hydrogens is 398 g/mol. The van der Waals surface area contributed by atoms with Crippen LogP contribution in [0.1, 0.15) is 11.1 Å². The van der Waals surface area contributed by atoms with Crippen LogP contribution >= 0.6 is 15.9 Å². The van der Waals surface area contributed by atoms with Crippen LogP contribution in [-0.2, 0) is 11.3 Å². The molecule has 0 saturated heterocycles. The Kier molecular flexibility index (Phi) is 5.58. The molecule has 3 rings (SSSR count). The molecule has 0 fully saturated rings. The quantitative estimate of drug-likeness (QED) is 0.602. The van der Waals surface area contributed by atoms with Crippen LogP contribution in [0.3, 0.4) is 0 Å². The SMILES string of the molecule is COc1ccc(CNC(=O)/C=C/c2c[nH]c3ncc(Br)cc23)cc1OC. The zero-order valence-corrected chi connectivity index (χ0v) is 16.0. The van der Waals surface area contributed by atoms with E-state index in [0.29, 0.717) is 18.0 Å². The number of rotatable bonds is 6. The number of carbonyl (C=O) groups excluding carboxylic acids is 1. The van der Waals surface area contributed by atoms with Gasteiger partial charge in [0, 0.05) is 40.4 Å². The maximum Gasteiger partial charge on any atom is 0.244 e. The van der Waals surface area contributed by atoms with E-state index in [1.54, 1.807) is 26.5 Å². The second kappa shape index (κ2) is 8.05. The van der Waals surface area contributed by atoms with Crippen molar-refractivity contribution in [1.82, 2.24) is 15.3 Å². The summed E-state index contributed by atoms with van der Waals surface area (Å²) in [6, 6.07) is 7.49. The predicted molar refractivity (Wildman–Crippen MR) is 104 cm³/mol. The number of halogens is 1. The third-order valence-electron chi connectivity index (χ3n) is 3.86. The molecule has 0 spiro atoms. The highest BCUT2D eigenvalue weighted by atomic mass is 79.9. The van der Waals surface area contributed by atoms with Gasteiger partial charge in [0.05, 0.1) is 14.2 Å². The molecular formula is C19H18BrN3O3. The smallest absolute Gasteiger partial charge is 0.244 e. The van der Waals surface area contributed by atoms with Crippen molar-refractivity contribution < 1.29 is 14.3 Å². The number of aromatic nitrogens is 2. The number of amides is 1. The number of nitrogens with one attached hydrogen (secondary N) is 2. The normalized spacial score (nSPS) is 11.0. The van der Waals surface area contributed by atoms with Gasteiger partial charge in [0.15, 0.2) is 11.5 Å². The Morgan fingerprint density at radius 2 is 2.08 bits per heavy atom. The van der Waals surface area contributed by atoms with Gasteiger partial charge in [0.25, 0.3) is 0 Å². The fourth-order valence-corrected chi connectivity index (χ4v) is 2.87. The Labute approximate surface area is 159 Å². The van der Waals surface area contributed by atoms with Gasteiger partial charge in [-0.1, -0.05) is 6.07 Å². The van der Waals surface area contributed by atoms with Gasteiger partial charge >= 0.3 is 0 Å². The maximum atomic E-state index is 12.1. The maximum absolute atomic E-state index is 12.1. The monoisotopic (exact) mass is 415 g/mol. The zero-order valence-electron chi connectivity index (χ0n) is 14.4. The van der Waals surface area contributed by atoms with Crippen LogP contribution in [-0.4, -0.2) is 30.1 Å². The highest BCUT2D eigenvalue weighted by molar-refractivity contribution is 9.10. The number of pyridine rings is 1. The molecule has 0 bridgehead atoms. The molecule has 0 aliphatic heterocycles. The summed E-state index contributed by atoms with van der Waals surface area (Å²) >= 11 is 3.41. The van der Waals surface area contributed by atoms with Crippen LogP contribution in [0, 0.1) is 0 Å². The summed E-state index contributed by atoms with van der Waals surface area (Å²) in [5, 5.41) is 3.80. The van der Waals surface area contributed by atoms with E-state index in [4.69, 9.17) is 9.47 Å². The molecule has 2 heterocycles. The summed E-state index contributed by atoms with van der Waals surface area (Å²) < 4.78 is 11.4. The van der Waals surface area contributed by atoms with Crippen molar-refractivity contribution in [3.8, 4) is 11.5 Å². The lowest BCUT2D eigenvalue weighted by Gasteiger charge is -2.09. The molecule has 1 aromatic carbocycles. The second-order valence-corrected chi connectivity index (χ2v) is 6.45. The second-order valence-electron chi connectivity index (χ2n) is 5.53. The summed E-state index contributed by atoms with van der Waals surface area (Å²) in [5.74, 6) is 1.10. The molecule has 3 aromatic rings. The first-order chi connectivity index (χ1) is 12.6. The third kappa shape index (κ3) is 4.05. The van der Waals surface area contributed by atoms with E-state index in [-0.39, 0.29) is 5.91 Å². The Morgan fingerprint density at radius 3 is 2.85 bits per heavy atom. The Balaban J connectivity index is 1.65. The van der Waals surface area contributed by atoms with Crippen molar-refractivity contribution in [3.05, 3.63) is 58.3 Å². The topological polar surface area (TPSA) is 76.2 Å². The number of methoxy groups -OCH3 is 2. The fourth-order valence-electron chi connectivity index (χ4n) is 2.54. The van der Waals surface area contributed by atoms with Gasteiger partial charge < -0.3 is 19.8 Å². The van der Waals surface area contributed by atoms with E-state index < -0.39 is 0 Å². The molecule has 0 saturated carbocycles. The minimum Gasteiger partial charge on any atom is -0.493 e. The number of hydrogen-bond donors (Lipinski definition) is 2. The standard InChI is InChI=1S/C19H18BrN3O3/c1-25-16-5-3-12(7-17(16)26-2)9-21-18(24)6-4-13-10-22-19-15(13)8-14(20)11-23-19/h3-8,10-11H,9H2,1-2H3,(H,21,24)(H,22,23)/b6-4+. The lowest BCUT2D eigenvalue weighted by atomic mass is 10.2. The molecule has 0 atom stereocenters. The van der Waals surface area contributed by atoms with Crippen molar-refractivity contribution in [1.29, 1.82) is 0 Å². The highest BCUT2D eigenvalue weighted by Crippen LogP contribution is 2.27. The summed E-state index contributed by atoms with van der Waals surface area (Å²) in [6.45, 7) is 0.393. The van der Waals surface area contributed by atoms with Crippen LogP contribution in [0.15, 0.2) is 47.2 Å². The Hall–Kier alpha value is -2.80. The van der Waals surface area contributed by atoms with Crippen LogP contribution in [0.2, 0.25) is 0 Å². The minimum atomic E-state index is -0.183. The van der Waals surface area contributed by atoms with Gasteiger partial charge in [-0.3, -0.25) is 4.79 Å². The molecule has 0 radical (unpaired) electrons. The van der Waals surface area contributed by atoms with Gasteiger partial charge in [-0.15, -0.1) is 0 Å². The molecule has 0 unspecified atom stereocenters. The number of fused-ring (bicyclic) bond motifs is 1. The van der Waals surface area contributed by atoms with E-state index in [0.717, 1.165) is 26.6 Å². The largest absolute Gasteiger partial charge is 0.493 e. The lowest BCUT2D eigenvalue weighted by molar-refractivity contribution is -0.116. The van der Waals surface area contributed by atoms with Crippen LogP contribution in [0.5, 0.6) is 11.5 Å². The van der Waals surface area contributed by atoms with Crippen LogP contribution in [0.4, 0.5) is 0 Å². The first-order valence-corrected chi connectivity index (χ1v) is 8.69. The van der Waals surface area contributed by atoms with E-state index in [1.807, 2.05) is 30.5 Å². The van der Waals surface area contributed by atoms with Gasteiger partial charge in [-0.25, -0.2) is 4.98 Å². The molecule has 134 valence electrons. The number of aromatic amines is 1. The number of benzene rings is 1. The molecule has 2 N–H and O–H groups in total. The average Bonchev–Trinajstić information content (AvgIpc) is 3.06. The van der Waals surface area contributed by atoms with Crippen molar-refractivity contribution in [2.45, 2.75) is 6.54 Å². The van der Waals surface area contributed by atoms with Crippen molar-refractivity contribution in [2.75, 3.05) is 14.2 Å². The molecule has 26 heavy (non-hydrogen) atoms. The van der Waals surface area contributed by atoms with Crippen molar-refractivity contribution in [2.24, 2.45) is 0 Å². The van der Waals surface area contributed by atoms with E-state index >= 15 is 0 Å². The number of nitrogens with zero attached hydrogens (tertiary/aromatic N) is 1. The third-order valence-corrected chi connectivity index (χ3v) is 4.29. The summed E-state index contributed by atoms with van der Waals surface area (Å²) in [6.07, 6.45) is 6.81. The van der Waals surface area contributed by atoms with Crippen molar-refractivity contribution >= 4 is 38.9 Å². The predicted octanol–water partition coefficient (Wildman–Crippen LogP) is 3.67. The molecule has 1 amide bonds. The van der Waals surface area contributed by atoms with Gasteiger partial charge in [0.1, 0.15) is 5.65 Å². The van der Waals surface area contributed by atoms with Gasteiger partial charge in [-0.2, -0.15) is 0 Å². The van der Waals surface area contributed by atoms with Gasteiger partial charge in [0.2, 0.25) is 5.91 Å². The van der Waals surface area contributed by atoms with E-state index in [2.05, 4.69) is 31.2 Å². The molecule has 2 aromatic heterocycles. The van der Waals surface area contributed by atoms with Crippen LogP contribution < -0.4 is 14.8 Å². The van der Waals surface area contributed by atoms with E-state index in [1.165, 1.54) is 6.08 Å². The van der Waals surface area contributed by atoms with Gasteiger partial charge in [-0.05, 0) is 45.8 Å². The summed E-state index contributed by atoms with van der Waals surface area (Å²) in [5.41, 5.74) is 2.60. The molecule has 7 heteroatoms. The van der Waals surface area contributed by atoms with E-state index in [9.17, 15) is 4.79 Å². The molecule has 6 nitrogen and oxygen atoms in total. The fraction of sp³-hybridized carbons (Fsp3) is 0.158. The zero-order chi connectivity index (χ0) is 18.5. The first kappa shape index (κ1) is 18.0. The average molecular weight is 416 g/mol. The lowest BCUT2D eigenvalue weighted by Crippen LogP contribution is -2.20. The highest BCUT2D eigenvalue weighted by Gasteiger charge is 2.06. The molecule has 0 aliphatic carbocycles.